The van der Waals surface area contributed by atoms with E-state index in [9.17, 15) is 9.59 Å². The second-order valence-electron chi connectivity index (χ2n) is 4.97. The molecule has 6 heteroatoms. The van der Waals surface area contributed by atoms with Crippen LogP contribution < -0.4 is 0 Å². The van der Waals surface area contributed by atoms with Crippen LogP contribution in [0.25, 0.3) is 0 Å². The summed E-state index contributed by atoms with van der Waals surface area (Å²) >= 11 is 1.53. The Bertz CT molecular complexity index is 490. The summed E-state index contributed by atoms with van der Waals surface area (Å²) in [6.07, 6.45) is 1.73. The van der Waals surface area contributed by atoms with Gasteiger partial charge in [0.1, 0.15) is 5.69 Å². The Morgan fingerprint density at radius 2 is 2.00 bits per heavy atom. The maximum absolute atomic E-state index is 12.3. The highest BCUT2D eigenvalue weighted by Gasteiger charge is 2.27. The number of aromatic nitrogens is 1. The minimum atomic E-state index is -0.754. The van der Waals surface area contributed by atoms with Gasteiger partial charge in [0, 0.05) is 24.4 Å². The van der Waals surface area contributed by atoms with Crippen LogP contribution in [0.4, 0.5) is 0 Å². The normalized spacial score (nSPS) is 16.6. The van der Waals surface area contributed by atoms with E-state index in [1.165, 1.54) is 11.3 Å². The molecular formula is C13H18N2O3S. The van der Waals surface area contributed by atoms with Crippen molar-refractivity contribution in [1.82, 2.24) is 9.88 Å². The van der Waals surface area contributed by atoms with Gasteiger partial charge in [0.05, 0.1) is 5.01 Å². The van der Waals surface area contributed by atoms with Crippen molar-refractivity contribution in [2.45, 2.75) is 33.1 Å². The first kappa shape index (κ1) is 14.0. The summed E-state index contributed by atoms with van der Waals surface area (Å²) in [6.45, 7) is 5.07. The minimum Gasteiger partial charge on any atom is -0.481 e. The Hall–Kier alpha value is -1.43. The minimum absolute atomic E-state index is 0.0179. The number of aliphatic carboxylic acids is 1. The number of thiazole rings is 1. The molecule has 0 spiro atoms. The molecule has 5 nitrogen and oxygen atoms in total. The average Bonchev–Trinajstić information content (AvgIpc) is 2.68. The van der Waals surface area contributed by atoms with Gasteiger partial charge in [-0.2, -0.15) is 0 Å². The zero-order chi connectivity index (χ0) is 14.0. The van der Waals surface area contributed by atoms with Gasteiger partial charge in [0.15, 0.2) is 0 Å². The fourth-order valence-corrected chi connectivity index (χ4v) is 3.27. The van der Waals surface area contributed by atoms with Crippen molar-refractivity contribution in [2.75, 3.05) is 13.1 Å². The molecule has 0 aromatic carbocycles. The zero-order valence-electron chi connectivity index (χ0n) is 11.2. The number of hydrogen-bond acceptors (Lipinski definition) is 4. The molecule has 19 heavy (non-hydrogen) atoms. The lowest BCUT2D eigenvalue weighted by molar-refractivity contribution is -0.138. The Morgan fingerprint density at radius 3 is 2.47 bits per heavy atom. The molecule has 0 unspecified atom stereocenters. The van der Waals surface area contributed by atoms with E-state index in [4.69, 9.17) is 5.11 Å². The molecule has 2 rings (SSSR count). The second-order valence-corrected chi connectivity index (χ2v) is 6.38. The van der Waals surface area contributed by atoms with Crippen LogP contribution in [0.1, 0.15) is 39.6 Å². The van der Waals surface area contributed by atoms with Crippen LogP contribution in [0.5, 0.6) is 0 Å². The number of carbonyl (C=O) groups excluding carboxylic acids is 1. The molecule has 1 N–H and O–H groups in total. The summed E-state index contributed by atoms with van der Waals surface area (Å²) < 4.78 is 0. The SMILES string of the molecule is Cc1nc(C(=O)N2CCC(CC(=O)O)CC2)c(C)s1. The third kappa shape index (κ3) is 3.32. The van der Waals surface area contributed by atoms with Crippen LogP contribution in [0, 0.1) is 19.8 Å². The predicted octanol–water partition coefficient (Wildman–Crippen LogP) is 2.09. The number of carboxylic acids is 1. The number of carbonyl (C=O) groups is 2. The molecule has 0 bridgehead atoms. The number of hydrogen-bond donors (Lipinski definition) is 1. The lowest BCUT2D eigenvalue weighted by atomic mass is 9.93. The van der Waals surface area contributed by atoms with Crippen molar-refractivity contribution in [3.8, 4) is 0 Å². The average molecular weight is 282 g/mol. The first-order chi connectivity index (χ1) is 8.97. The van der Waals surface area contributed by atoms with E-state index in [-0.39, 0.29) is 18.2 Å². The summed E-state index contributed by atoms with van der Waals surface area (Å²) in [5, 5.41) is 9.67. The molecule has 2 heterocycles. The molecule has 0 aliphatic carbocycles. The molecule has 1 aliphatic heterocycles. The van der Waals surface area contributed by atoms with Gasteiger partial charge in [0.25, 0.3) is 5.91 Å². The standard InChI is InChI=1S/C13H18N2O3S/c1-8-12(14-9(2)19-8)13(18)15-5-3-10(4-6-15)7-11(16)17/h10H,3-7H2,1-2H3,(H,16,17). The number of nitrogens with zero attached hydrogens (tertiary/aromatic N) is 2. The maximum atomic E-state index is 12.3. The van der Waals surface area contributed by atoms with Gasteiger partial charge >= 0.3 is 5.97 Å². The van der Waals surface area contributed by atoms with Crippen molar-refractivity contribution >= 4 is 23.2 Å². The van der Waals surface area contributed by atoms with Gasteiger partial charge in [-0.25, -0.2) is 4.98 Å². The van der Waals surface area contributed by atoms with Crippen molar-refractivity contribution in [1.29, 1.82) is 0 Å². The number of aryl methyl sites for hydroxylation is 2. The first-order valence-electron chi connectivity index (χ1n) is 6.42. The smallest absolute Gasteiger partial charge is 0.303 e. The van der Waals surface area contributed by atoms with Gasteiger partial charge in [0.2, 0.25) is 0 Å². The number of likely N-dealkylation sites (tertiary alicyclic amines) is 1. The third-order valence-corrected chi connectivity index (χ3v) is 4.36. The fraction of sp³-hybridized carbons (Fsp3) is 0.615. The topological polar surface area (TPSA) is 70.5 Å². The van der Waals surface area contributed by atoms with Crippen LogP contribution in [-0.4, -0.2) is 40.0 Å². The monoisotopic (exact) mass is 282 g/mol. The Balaban J connectivity index is 1.96. The molecule has 1 aromatic rings. The zero-order valence-corrected chi connectivity index (χ0v) is 12.0. The number of piperidine rings is 1. The van der Waals surface area contributed by atoms with Crippen LogP contribution in [0.15, 0.2) is 0 Å². The highest BCUT2D eigenvalue weighted by atomic mass is 32.1. The van der Waals surface area contributed by atoms with Crippen LogP contribution >= 0.6 is 11.3 Å². The second kappa shape index (κ2) is 5.69. The molecule has 1 aliphatic rings. The summed E-state index contributed by atoms with van der Waals surface area (Å²) in [5.74, 6) is -0.578. The number of amides is 1. The van der Waals surface area contributed by atoms with E-state index in [0.29, 0.717) is 18.8 Å². The van der Waals surface area contributed by atoms with E-state index in [0.717, 1.165) is 22.7 Å². The van der Waals surface area contributed by atoms with Gasteiger partial charge in [-0.1, -0.05) is 0 Å². The third-order valence-electron chi connectivity index (χ3n) is 3.47. The lowest BCUT2D eigenvalue weighted by Gasteiger charge is -2.31. The lowest BCUT2D eigenvalue weighted by Crippen LogP contribution is -2.39. The van der Waals surface area contributed by atoms with Gasteiger partial charge in [-0.3, -0.25) is 9.59 Å². The Labute approximate surface area is 116 Å². The molecule has 1 aromatic heterocycles. The van der Waals surface area contributed by atoms with Crippen molar-refractivity contribution < 1.29 is 14.7 Å². The number of carboxylic acid groups (broad SMARTS) is 1. The summed E-state index contributed by atoms with van der Waals surface area (Å²) in [4.78, 5) is 30.0. The summed E-state index contributed by atoms with van der Waals surface area (Å²) in [7, 11) is 0. The van der Waals surface area contributed by atoms with Crippen molar-refractivity contribution in [3.05, 3.63) is 15.6 Å². The largest absolute Gasteiger partial charge is 0.481 e. The van der Waals surface area contributed by atoms with E-state index in [1.807, 2.05) is 13.8 Å². The van der Waals surface area contributed by atoms with Crippen LogP contribution in [-0.2, 0) is 4.79 Å². The molecule has 1 amide bonds. The molecular weight excluding hydrogens is 264 g/mol. The maximum Gasteiger partial charge on any atom is 0.303 e. The van der Waals surface area contributed by atoms with Gasteiger partial charge in [-0.05, 0) is 32.6 Å². The van der Waals surface area contributed by atoms with Crippen molar-refractivity contribution in [3.63, 3.8) is 0 Å². The quantitative estimate of drug-likeness (QED) is 0.921. The van der Waals surface area contributed by atoms with E-state index < -0.39 is 5.97 Å². The highest BCUT2D eigenvalue weighted by molar-refractivity contribution is 7.11. The first-order valence-corrected chi connectivity index (χ1v) is 7.24. The van der Waals surface area contributed by atoms with E-state index in [1.54, 1.807) is 4.90 Å². The molecule has 1 fully saturated rings. The van der Waals surface area contributed by atoms with Gasteiger partial charge < -0.3 is 10.0 Å². The molecule has 0 atom stereocenters. The van der Waals surface area contributed by atoms with Gasteiger partial charge in [-0.15, -0.1) is 11.3 Å². The summed E-state index contributed by atoms with van der Waals surface area (Å²) in [5.41, 5.74) is 0.555. The Morgan fingerprint density at radius 1 is 1.37 bits per heavy atom. The highest BCUT2D eigenvalue weighted by Crippen LogP contribution is 2.24. The number of rotatable bonds is 3. The van der Waals surface area contributed by atoms with Crippen LogP contribution in [0.2, 0.25) is 0 Å². The van der Waals surface area contributed by atoms with Crippen LogP contribution in [0.3, 0.4) is 0 Å². The Kier molecular flexibility index (Phi) is 4.19. The predicted molar refractivity (Wildman–Crippen MR) is 72.5 cm³/mol. The van der Waals surface area contributed by atoms with Crippen molar-refractivity contribution in [2.24, 2.45) is 5.92 Å². The fourth-order valence-electron chi connectivity index (χ4n) is 2.46. The summed E-state index contributed by atoms with van der Waals surface area (Å²) in [6, 6.07) is 0. The molecule has 1 saturated heterocycles. The molecule has 104 valence electrons. The molecule has 0 saturated carbocycles. The van der Waals surface area contributed by atoms with E-state index in [2.05, 4.69) is 4.98 Å². The van der Waals surface area contributed by atoms with E-state index >= 15 is 0 Å². The molecule has 0 radical (unpaired) electrons.